The molecule has 1 aromatic rings. The van der Waals surface area contributed by atoms with Crippen LogP contribution in [0.2, 0.25) is 0 Å². The van der Waals surface area contributed by atoms with Gasteiger partial charge in [-0.2, -0.15) is 0 Å². The Kier molecular flexibility index (Phi) is 3.02. The van der Waals surface area contributed by atoms with E-state index in [4.69, 9.17) is 4.74 Å². The van der Waals surface area contributed by atoms with Crippen molar-refractivity contribution in [3.8, 4) is 5.75 Å². The molecule has 3 nitrogen and oxygen atoms in total. The fourth-order valence-corrected chi connectivity index (χ4v) is 3.01. The summed E-state index contributed by atoms with van der Waals surface area (Å²) in [5.41, 5.74) is 1.98. The average Bonchev–Trinajstić information content (AvgIpc) is 2.63. The van der Waals surface area contributed by atoms with E-state index in [2.05, 4.69) is 10.2 Å². The van der Waals surface area contributed by atoms with E-state index < -0.39 is 0 Å². The largest absolute Gasteiger partial charge is 0.494 e. The Morgan fingerprint density at radius 1 is 1.33 bits per heavy atom. The number of anilines is 2. The normalized spacial score (nSPS) is 22.6. The average molecular weight is 250 g/mol. The highest BCUT2D eigenvalue weighted by atomic mass is 19.1. The van der Waals surface area contributed by atoms with Gasteiger partial charge in [0.05, 0.1) is 18.5 Å². The van der Waals surface area contributed by atoms with Gasteiger partial charge in [0.1, 0.15) is 0 Å². The van der Waals surface area contributed by atoms with Gasteiger partial charge in [0.25, 0.3) is 0 Å². The van der Waals surface area contributed by atoms with Crippen molar-refractivity contribution in [2.45, 2.75) is 31.7 Å². The van der Waals surface area contributed by atoms with Crippen molar-refractivity contribution < 1.29 is 9.13 Å². The third-order valence-electron chi connectivity index (χ3n) is 3.98. The molecule has 0 radical (unpaired) electrons. The van der Waals surface area contributed by atoms with Gasteiger partial charge in [-0.25, -0.2) is 4.39 Å². The number of fused-ring (bicyclic) bond motifs is 3. The number of halogens is 1. The third kappa shape index (κ3) is 1.89. The number of ether oxygens (including phenoxy) is 1. The molecule has 1 saturated heterocycles. The fraction of sp³-hybridized carbons (Fsp3) is 0.571. The van der Waals surface area contributed by atoms with Crippen molar-refractivity contribution in [1.29, 1.82) is 0 Å². The first-order chi connectivity index (χ1) is 8.79. The minimum Gasteiger partial charge on any atom is -0.494 e. The Bertz CT molecular complexity index is 450. The summed E-state index contributed by atoms with van der Waals surface area (Å²) in [5, 5.41) is 3.34. The lowest BCUT2D eigenvalue weighted by Gasteiger charge is -2.38. The van der Waals surface area contributed by atoms with Gasteiger partial charge in [-0.15, -0.1) is 0 Å². The second kappa shape index (κ2) is 4.67. The van der Waals surface area contributed by atoms with E-state index in [-0.39, 0.29) is 5.82 Å². The summed E-state index contributed by atoms with van der Waals surface area (Å²) in [6.07, 6.45) is 5.01. The molecule has 18 heavy (non-hydrogen) atoms. The summed E-state index contributed by atoms with van der Waals surface area (Å²) in [4.78, 5) is 2.42. The minimum absolute atomic E-state index is 0.294. The molecular formula is C14H19FN2O. The Hall–Kier alpha value is -1.45. The van der Waals surface area contributed by atoms with Crippen LogP contribution in [0.15, 0.2) is 12.1 Å². The maximum absolute atomic E-state index is 13.7. The number of nitrogens with zero attached hydrogens (tertiary/aromatic N) is 1. The second-order valence-corrected chi connectivity index (χ2v) is 5.08. The molecule has 1 N–H and O–H groups in total. The van der Waals surface area contributed by atoms with Crippen molar-refractivity contribution in [3.05, 3.63) is 17.9 Å². The molecule has 98 valence electrons. The van der Waals surface area contributed by atoms with Gasteiger partial charge >= 0.3 is 0 Å². The summed E-state index contributed by atoms with van der Waals surface area (Å²) < 4.78 is 18.8. The number of nitrogens with one attached hydrogen (secondary N) is 1. The highest BCUT2D eigenvalue weighted by molar-refractivity contribution is 5.75. The van der Waals surface area contributed by atoms with Crippen LogP contribution in [0.25, 0.3) is 0 Å². The Labute approximate surface area is 107 Å². The van der Waals surface area contributed by atoms with Crippen LogP contribution in [0.4, 0.5) is 15.8 Å². The van der Waals surface area contributed by atoms with E-state index in [1.165, 1.54) is 32.8 Å². The first-order valence-electron chi connectivity index (χ1n) is 6.67. The van der Waals surface area contributed by atoms with E-state index in [1.807, 2.05) is 6.07 Å². The molecule has 4 heteroatoms. The summed E-state index contributed by atoms with van der Waals surface area (Å²) in [5.74, 6) is 0.0393. The number of rotatable bonds is 1. The summed E-state index contributed by atoms with van der Waals surface area (Å²) in [7, 11) is 1.51. The summed E-state index contributed by atoms with van der Waals surface area (Å²) in [6.45, 7) is 1.98. The lowest BCUT2D eigenvalue weighted by Crippen LogP contribution is -2.43. The molecule has 2 heterocycles. The molecule has 0 bridgehead atoms. The third-order valence-corrected chi connectivity index (χ3v) is 3.98. The molecule has 0 amide bonds. The Morgan fingerprint density at radius 3 is 3.06 bits per heavy atom. The number of benzene rings is 1. The molecule has 1 unspecified atom stereocenters. The lowest BCUT2D eigenvalue weighted by molar-refractivity contribution is 0.386. The van der Waals surface area contributed by atoms with Gasteiger partial charge in [-0.3, -0.25) is 0 Å². The van der Waals surface area contributed by atoms with Crippen molar-refractivity contribution >= 4 is 11.4 Å². The van der Waals surface area contributed by atoms with Crippen LogP contribution in [0, 0.1) is 5.82 Å². The quantitative estimate of drug-likeness (QED) is 0.829. The van der Waals surface area contributed by atoms with Crippen LogP contribution >= 0.6 is 0 Å². The SMILES string of the molecule is COc1cc2c(cc1F)NCC1CCCCCN21. The number of hydrogen-bond acceptors (Lipinski definition) is 3. The molecule has 0 spiro atoms. The predicted octanol–water partition coefficient (Wildman–Crippen LogP) is 3.01. The zero-order chi connectivity index (χ0) is 12.5. The van der Waals surface area contributed by atoms with Crippen LogP contribution in [0.5, 0.6) is 5.75 Å². The molecule has 0 saturated carbocycles. The van der Waals surface area contributed by atoms with Gasteiger partial charge in [-0.05, 0) is 12.8 Å². The topological polar surface area (TPSA) is 24.5 Å². The van der Waals surface area contributed by atoms with Crippen LogP contribution in [0.3, 0.4) is 0 Å². The molecule has 3 rings (SSSR count). The highest BCUT2D eigenvalue weighted by Crippen LogP contribution is 2.38. The van der Waals surface area contributed by atoms with Gasteiger partial charge in [0.15, 0.2) is 11.6 Å². The van der Waals surface area contributed by atoms with Gasteiger partial charge < -0.3 is 15.0 Å². The first kappa shape index (κ1) is 11.6. The molecule has 1 fully saturated rings. The van der Waals surface area contributed by atoms with Gasteiger partial charge in [0.2, 0.25) is 0 Å². The van der Waals surface area contributed by atoms with Gasteiger partial charge in [-0.1, -0.05) is 12.8 Å². The minimum atomic E-state index is -0.294. The molecule has 0 aliphatic carbocycles. The van der Waals surface area contributed by atoms with Crippen LogP contribution in [-0.2, 0) is 0 Å². The number of methoxy groups -OCH3 is 1. The smallest absolute Gasteiger partial charge is 0.167 e. The highest BCUT2D eigenvalue weighted by Gasteiger charge is 2.28. The molecular weight excluding hydrogens is 231 g/mol. The van der Waals surface area contributed by atoms with Crippen molar-refractivity contribution in [1.82, 2.24) is 0 Å². The molecule has 0 aromatic heterocycles. The maximum atomic E-state index is 13.7. The Morgan fingerprint density at radius 2 is 2.22 bits per heavy atom. The van der Waals surface area contributed by atoms with Crippen LogP contribution in [0.1, 0.15) is 25.7 Å². The van der Waals surface area contributed by atoms with E-state index in [1.54, 1.807) is 6.07 Å². The molecule has 1 atom stereocenters. The predicted molar refractivity (Wildman–Crippen MR) is 71.0 cm³/mol. The van der Waals surface area contributed by atoms with Crippen molar-refractivity contribution in [2.75, 3.05) is 30.4 Å². The standard InChI is InChI=1S/C14H19FN2O/c1-18-14-8-13-12(7-11(14)15)16-9-10-5-3-2-4-6-17(10)13/h7-8,10,16H,2-6,9H2,1H3. The zero-order valence-corrected chi connectivity index (χ0v) is 10.7. The zero-order valence-electron chi connectivity index (χ0n) is 10.7. The first-order valence-corrected chi connectivity index (χ1v) is 6.67. The van der Waals surface area contributed by atoms with E-state index in [0.717, 1.165) is 24.5 Å². The van der Waals surface area contributed by atoms with E-state index >= 15 is 0 Å². The summed E-state index contributed by atoms with van der Waals surface area (Å²) >= 11 is 0. The van der Waals surface area contributed by atoms with Crippen molar-refractivity contribution in [3.63, 3.8) is 0 Å². The monoisotopic (exact) mass is 250 g/mol. The van der Waals surface area contributed by atoms with E-state index in [0.29, 0.717) is 11.8 Å². The number of hydrogen-bond donors (Lipinski definition) is 1. The molecule has 1 aromatic carbocycles. The summed E-state index contributed by atoms with van der Waals surface area (Å²) in [6, 6.07) is 3.92. The molecule has 2 aliphatic heterocycles. The van der Waals surface area contributed by atoms with Gasteiger partial charge in [0, 0.05) is 31.3 Å². The maximum Gasteiger partial charge on any atom is 0.167 e. The second-order valence-electron chi connectivity index (χ2n) is 5.08. The lowest BCUT2D eigenvalue weighted by atomic mass is 10.1. The molecule has 2 aliphatic rings. The van der Waals surface area contributed by atoms with Crippen molar-refractivity contribution in [2.24, 2.45) is 0 Å². The van der Waals surface area contributed by atoms with Crippen LogP contribution in [-0.4, -0.2) is 26.2 Å². The van der Waals surface area contributed by atoms with Crippen LogP contribution < -0.4 is 15.0 Å². The Balaban J connectivity index is 2.01. The van der Waals surface area contributed by atoms with E-state index in [9.17, 15) is 4.39 Å². The fourth-order valence-electron chi connectivity index (χ4n) is 3.01.